The van der Waals surface area contributed by atoms with E-state index in [2.05, 4.69) is 17.7 Å². The number of hydrogen-bond donors (Lipinski definition) is 1. The van der Waals surface area contributed by atoms with Crippen molar-refractivity contribution in [3.63, 3.8) is 0 Å². The largest absolute Gasteiger partial charge is 0.240 e. The monoisotopic (exact) mass is 201 g/mol. The van der Waals surface area contributed by atoms with Crippen molar-refractivity contribution in [2.75, 3.05) is 0 Å². The van der Waals surface area contributed by atoms with Gasteiger partial charge < -0.3 is 0 Å². The predicted molar refractivity (Wildman–Crippen MR) is 55.5 cm³/mol. The summed E-state index contributed by atoms with van der Waals surface area (Å²) >= 11 is 4.19. The molecule has 0 aliphatic heterocycles. The van der Waals surface area contributed by atoms with Gasteiger partial charge >= 0.3 is 0 Å². The number of nitrogens with zero attached hydrogens (tertiary/aromatic N) is 3. The third-order valence-electron chi connectivity index (χ3n) is 1.83. The maximum absolute atomic E-state index is 8.63. The Hall–Kier alpha value is -1.73. The molecule has 0 atom stereocenters. The van der Waals surface area contributed by atoms with E-state index >= 15 is 0 Å². The number of rotatable bonds is 1. The minimum absolute atomic E-state index is 0.556. The molecule has 0 spiro atoms. The van der Waals surface area contributed by atoms with Gasteiger partial charge in [-0.1, -0.05) is 0 Å². The second-order valence-electron chi connectivity index (χ2n) is 2.80. The first-order chi connectivity index (χ1) is 6.79. The highest BCUT2D eigenvalue weighted by atomic mass is 32.1. The molecule has 1 heterocycles. The van der Waals surface area contributed by atoms with E-state index in [9.17, 15) is 0 Å². The van der Waals surface area contributed by atoms with Crippen molar-refractivity contribution in [3.05, 3.63) is 42.2 Å². The molecule has 0 aliphatic carbocycles. The molecular formula is C10H7N3S. The Morgan fingerprint density at radius 2 is 2.00 bits per heavy atom. The van der Waals surface area contributed by atoms with Gasteiger partial charge in [0.1, 0.15) is 6.07 Å². The molecule has 0 saturated heterocycles. The normalized spacial score (nSPS) is 9.71. The average Bonchev–Trinajstić information content (AvgIpc) is 2.67. The Labute approximate surface area is 87.0 Å². The van der Waals surface area contributed by atoms with Gasteiger partial charge in [-0.25, -0.2) is 4.68 Å². The van der Waals surface area contributed by atoms with Crippen LogP contribution in [0.25, 0.3) is 5.69 Å². The zero-order valence-corrected chi connectivity index (χ0v) is 8.15. The van der Waals surface area contributed by atoms with Crippen LogP contribution in [0, 0.1) is 11.3 Å². The Kier molecular flexibility index (Phi) is 2.25. The molecule has 2 aromatic rings. The van der Waals surface area contributed by atoms with Crippen LogP contribution < -0.4 is 0 Å². The van der Waals surface area contributed by atoms with Gasteiger partial charge in [-0.3, -0.25) is 0 Å². The van der Waals surface area contributed by atoms with E-state index in [1.54, 1.807) is 10.9 Å². The second-order valence-corrected chi connectivity index (χ2v) is 3.32. The predicted octanol–water partition coefficient (Wildman–Crippen LogP) is 2.03. The Bertz CT molecular complexity index is 479. The van der Waals surface area contributed by atoms with Crippen molar-refractivity contribution in [2.45, 2.75) is 4.90 Å². The summed E-state index contributed by atoms with van der Waals surface area (Å²) in [6.45, 7) is 0. The van der Waals surface area contributed by atoms with Gasteiger partial charge in [-0.2, -0.15) is 10.4 Å². The van der Waals surface area contributed by atoms with E-state index in [0.29, 0.717) is 5.56 Å². The van der Waals surface area contributed by atoms with E-state index in [1.807, 2.05) is 30.3 Å². The van der Waals surface area contributed by atoms with Crippen LogP contribution in [0.3, 0.4) is 0 Å². The summed E-state index contributed by atoms with van der Waals surface area (Å²) in [6, 6.07) is 9.59. The van der Waals surface area contributed by atoms with Crippen LogP contribution in [0.2, 0.25) is 0 Å². The van der Waals surface area contributed by atoms with E-state index in [0.717, 1.165) is 10.6 Å². The third kappa shape index (κ3) is 1.63. The molecule has 0 fully saturated rings. The highest BCUT2D eigenvalue weighted by Crippen LogP contribution is 2.11. The highest BCUT2D eigenvalue weighted by molar-refractivity contribution is 7.80. The molecule has 0 amide bonds. The number of nitriles is 1. The summed E-state index contributed by atoms with van der Waals surface area (Å²) in [5.74, 6) is 0. The van der Waals surface area contributed by atoms with Crippen LogP contribution in [0.5, 0.6) is 0 Å². The number of thiol groups is 1. The van der Waals surface area contributed by atoms with Crippen LogP contribution in [0.15, 0.2) is 41.6 Å². The fourth-order valence-corrected chi connectivity index (χ4v) is 1.28. The Balaban J connectivity index is 2.40. The lowest BCUT2D eigenvalue weighted by Crippen LogP contribution is -1.92. The summed E-state index contributed by atoms with van der Waals surface area (Å²) in [5.41, 5.74) is 1.48. The fourth-order valence-electron chi connectivity index (χ4n) is 1.13. The lowest BCUT2D eigenvalue weighted by atomic mass is 10.3. The lowest BCUT2D eigenvalue weighted by Gasteiger charge is -1.99. The van der Waals surface area contributed by atoms with E-state index in [-0.39, 0.29) is 0 Å². The Morgan fingerprint density at radius 1 is 1.29 bits per heavy atom. The molecule has 3 nitrogen and oxygen atoms in total. The zero-order chi connectivity index (χ0) is 9.97. The SMILES string of the molecule is N#Cc1cnn(-c2ccc(S)cc2)c1. The molecule has 0 bridgehead atoms. The molecule has 68 valence electrons. The standard InChI is InChI=1S/C10H7N3S/c11-5-8-6-12-13(7-8)9-1-3-10(14)4-2-9/h1-4,6-7,14H. The van der Waals surface area contributed by atoms with Gasteiger partial charge in [0.15, 0.2) is 0 Å². The second kappa shape index (κ2) is 3.56. The van der Waals surface area contributed by atoms with Crippen LogP contribution >= 0.6 is 12.6 Å². The minimum atomic E-state index is 0.556. The lowest BCUT2D eigenvalue weighted by molar-refractivity contribution is 0.879. The van der Waals surface area contributed by atoms with Crippen molar-refractivity contribution in [2.24, 2.45) is 0 Å². The molecule has 1 aromatic heterocycles. The van der Waals surface area contributed by atoms with Gasteiger partial charge in [0.2, 0.25) is 0 Å². The van der Waals surface area contributed by atoms with Gasteiger partial charge in [0, 0.05) is 11.1 Å². The van der Waals surface area contributed by atoms with Crippen molar-refractivity contribution in [3.8, 4) is 11.8 Å². The first-order valence-corrected chi connectivity index (χ1v) is 4.48. The van der Waals surface area contributed by atoms with Crippen molar-refractivity contribution in [1.29, 1.82) is 5.26 Å². The molecule has 0 aliphatic rings. The molecule has 4 heteroatoms. The van der Waals surface area contributed by atoms with Crippen LogP contribution in [0.4, 0.5) is 0 Å². The van der Waals surface area contributed by atoms with E-state index in [4.69, 9.17) is 5.26 Å². The molecule has 2 rings (SSSR count). The molecule has 0 unspecified atom stereocenters. The number of benzene rings is 1. The molecule has 14 heavy (non-hydrogen) atoms. The van der Waals surface area contributed by atoms with Crippen molar-refractivity contribution in [1.82, 2.24) is 9.78 Å². The summed E-state index contributed by atoms with van der Waals surface area (Å²) in [6.07, 6.45) is 3.22. The van der Waals surface area contributed by atoms with Gasteiger partial charge in [0.05, 0.1) is 17.4 Å². The smallest absolute Gasteiger partial charge is 0.102 e. The summed E-state index contributed by atoms with van der Waals surface area (Å²) in [4.78, 5) is 0.904. The van der Waals surface area contributed by atoms with Crippen LogP contribution in [0.1, 0.15) is 5.56 Å². The fraction of sp³-hybridized carbons (Fsp3) is 0. The summed E-state index contributed by atoms with van der Waals surface area (Å²) in [5, 5.41) is 12.7. The van der Waals surface area contributed by atoms with Gasteiger partial charge in [-0.15, -0.1) is 12.6 Å². The van der Waals surface area contributed by atoms with Crippen molar-refractivity contribution >= 4 is 12.6 Å². The minimum Gasteiger partial charge on any atom is -0.240 e. The summed E-state index contributed by atoms with van der Waals surface area (Å²) < 4.78 is 1.66. The van der Waals surface area contributed by atoms with Crippen LogP contribution in [-0.4, -0.2) is 9.78 Å². The topological polar surface area (TPSA) is 41.6 Å². The van der Waals surface area contributed by atoms with Gasteiger partial charge in [-0.05, 0) is 24.3 Å². The first kappa shape index (κ1) is 8.85. The molecule has 1 aromatic carbocycles. The summed E-state index contributed by atoms with van der Waals surface area (Å²) in [7, 11) is 0. The van der Waals surface area contributed by atoms with Gasteiger partial charge in [0.25, 0.3) is 0 Å². The van der Waals surface area contributed by atoms with Crippen molar-refractivity contribution < 1.29 is 0 Å². The molecule has 0 N–H and O–H groups in total. The maximum atomic E-state index is 8.63. The quantitative estimate of drug-likeness (QED) is 0.717. The zero-order valence-electron chi connectivity index (χ0n) is 7.25. The van der Waals surface area contributed by atoms with E-state index < -0.39 is 0 Å². The van der Waals surface area contributed by atoms with Crippen LogP contribution in [-0.2, 0) is 0 Å². The van der Waals surface area contributed by atoms with E-state index in [1.165, 1.54) is 6.20 Å². The maximum Gasteiger partial charge on any atom is 0.102 e. The molecular weight excluding hydrogens is 194 g/mol. The molecule has 0 saturated carbocycles. The average molecular weight is 201 g/mol. The third-order valence-corrected chi connectivity index (χ3v) is 2.12. The number of hydrogen-bond acceptors (Lipinski definition) is 3. The number of aromatic nitrogens is 2. The molecule has 0 radical (unpaired) electrons. The first-order valence-electron chi connectivity index (χ1n) is 4.04. The Morgan fingerprint density at radius 3 is 2.57 bits per heavy atom. The highest BCUT2D eigenvalue weighted by Gasteiger charge is 1.98.